The van der Waals surface area contributed by atoms with Crippen LogP contribution in [0.25, 0.3) is 17.4 Å². The Labute approximate surface area is 205 Å². The fourth-order valence-electron chi connectivity index (χ4n) is 3.48. The highest BCUT2D eigenvalue weighted by Gasteiger charge is 2.36. The second kappa shape index (κ2) is 9.29. The van der Waals surface area contributed by atoms with E-state index in [1.807, 2.05) is 6.07 Å². The summed E-state index contributed by atoms with van der Waals surface area (Å²) in [4.78, 5) is 27.1. The van der Waals surface area contributed by atoms with Gasteiger partial charge in [0.05, 0.1) is 11.6 Å². The number of halogens is 3. The minimum absolute atomic E-state index is 0.0586. The van der Waals surface area contributed by atoms with Gasteiger partial charge in [0, 0.05) is 21.2 Å². The molecule has 0 fully saturated rings. The highest BCUT2D eigenvalue weighted by Crippen LogP contribution is 2.34. The lowest BCUT2D eigenvalue weighted by Gasteiger charge is -2.27. The van der Waals surface area contributed by atoms with Crippen LogP contribution in [0.4, 0.5) is 0 Å². The van der Waals surface area contributed by atoms with Gasteiger partial charge in [0.25, 0.3) is 11.8 Å². The number of amides is 2. The number of benzene rings is 2. The Morgan fingerprint density at radius 1 is 1.00 bits per heavy atom. The lowest BCUT2D eigenvalue weighted by molar-refractivity contribution is -0.141. The van der Waals surface area contributed by atoms with Crippen LogP contribution >= 0.6 is 34.8 Å². The van der Waals surface area contributed by atoms with Crippen LogP contribution in [0.5, 0.6) is 0 Å². The molecule has 164 valence electrons. The van der Waals surface area contributed by atoms with E-state index in [-0.39, 0.29) is 23.3 Å². The van der Waals surface area contributed by atoms with E-state index in [9.17, 15) is 14.9 Å². The molecular formula is C25H15Cl3N2O3. The van der Waals surface area contributed by atoms with Crippen LogP contribution in [0.3, 0.4) is 0 Å². The Kier molecular flexibility index (Phi) is 6.44. The molecule has 1 aromatic heterocycles. The molecular weight excluding hydrogens is 483 g/mol. The highest BCUT2D eigenvalue weighted by atomic mass is 35.5. The summed E-state index contributed by atoms with van der Waals surface area (Å²) in [5.41, 5.74) is 1.59. The summed E-state index contributed by atoms with van der Waals surface area (Å²) in [5.74, 6) is -0.356. The van der Waals surface area contributed by atoms with Crippen molar-refractivity contribution in [2.75, 3.05) is 0 Å². The predicted octanol–water partition coefficient (Wildman–Crippen LogP) is 6.70. The SMILES string of the molecule is CC1=C(C#N)C(=O)N(Cc2ccccc2Cl)C(=O)/C1=C/c1ccc(-c2ccc(Cl)cc2Cl)o1. The number of nitriles is 1. The average molecular weight is 498 g/mol. The maximum absolute atomic E-state index is 13.3. The van der Waals surface area contributed by atoms with Gasteiger partial charge in [0.1, 0.15) is 23.2 Å². The Hall–Kier alpha value is -3.30. The normalized spacial score (nSPS) is 15.4. The summed E-state index contributed by atoms with van der Waals surface area (Å²) < 4.78 is 5.87. The lowest BCUT2D eigenvalue weighted by Crippen LogP contribution is -2.42. The zero-order chi connectivity index (χ0) is 23.7. The maximum atomic E-state index is 13.3. The number of hydrogen-bond acceptors (Lipinski definition) is 4. The van der Waals surface area contributed by atoms with Crippen molar-refractivity contribution in [2.24, 2.45) is 0 Å². The van der Waals surface area contributed by atoms with Gasteiger partial charge in [-0.15, -0.1) is 0 Å². The van der Waals surface area contributed by atoms with E-state index < -0.39 is 11.8 Å². The van der Waals surface area contributed by atoms with E-state index in [2.05, 4.69) is 0 Å². The minimum Gasteiger partial charge on any atom is -0.457 e. The molecule has 0 saturated heterocycles. The number of hydrogen-bond donors (Lipinski definition) is 0. The van der Waals surface area contributed by atoms with Crippen molar-refractivity contribution in [2.45, 2.75) is 13.5 Å². The molecule has 0 aliphatic carbocycles. The zero-order valence-corrected chi connectivity index (χ0v) is 19.5. The second-order valence-corrected chi connectivity index (χ2v) is 8.53. The standard InChI is InChI=1S/C25H15Cl3N2O3/c1-14-19(11-17-7-9-23(33-17)18-8-6-16(26)10-22(18)28)24(31)30(25(32)20(14)12-29)13-15-4-2-3-5-21(15)27/h2-11H,13H2,1H3/b19-11+. The van der Waals surface area contributed by atoms with E-state index in [0.717, 1.165) is 4.90 Å². The number of rotatable bonds is 4. The molecule has 4 rings (SSSR count). The first-order chi connectivity index (χ1) is 15.8. The molecule has 0 N–H and O–H groups in total. The van der Waals surface area contributed by atoms with Crippen LogP contribution in [0.1, 0.15) is 18.2 Å². The molecule has 2 heterocycles. The summed E-state index contributed by atoms with van der Waals surface area (Å²) in [6.45, 7) is 1.50. The number of furan rings is 1. The van der Waals surface area contributed by atoms with Gasteiger partial charge in [-0.25, -0.2) is 0 Å². The van der Waals surface area contributed by atoms with Crippen LogP contribution in [0, 0.1) is 11.3 Å². The van der Waals surface area contributed by atoms with E-state index >= 15 is 0 Å². The van der Waals surface area contributed by atoms with Crippen molar-refractivity contribution < 1.29 is 14.0 Å². The Bertz CT molecular complexity index is 1400. The van der Waals surface area contributed by atoms with Gasteiger partial charge in [0.15, 0.2) is 0 Å². The summed E-state index contributed by atoms with van der Waals surface area (Å²) in [6, 6.07) is 17.2. The zero-order valence-electron chi connectivity index (χ0n) is 17.2. The fraction of sp³-hybridized carbons (Fsp3) is 0.0800. The minimum atomic E-state index is -0.662. The summed E-state index contributed by atoms with van der Waals surface area (Å²) >= 11 is 18.4. The highest BCUT2D eigenvalue weighted by molar-refractivity contribution is 6.36. The van der Waals surface area contributed by atoms with Crippen molar-refractivity contribution in [1.29, 1.82) is 5.26 Å². The third-order valence-corrected chi connectivity index (χ3v) is 6.14. The predicted molar refractivity (Wildman–Crippen MR) is 127 cm³/mol. The summed E-state index contributed by atoms with van der Waals surface area (Å²) in [6.07, 6.45) is 1.51. The molecule has 0 radical (unpaired) electrons. The molecule has 2 aromatic carbocycles. The average Bonchev–Trinajstić information content (AvgIpc) is 3.24. The van der Waals surface area contributed by atoms with Crippen LogP contribution < -0.4 is 0 Å². The number of nitrogens with zero attached hydrogens (tertiary/aromatic N) is 2. The molecule has 1 aliphatic heterocycles. The van der Waals surface area contributed by atoms with Gasteiger partial charge in [-0.1, -0.05) is 53.0 Å². The lowest BCUT2D eigenvalue weighted by atomic mass is 9.94. The van der Waals surface area contributed by atoms with Crippen LogP contribution in [-0.2, 0) is 16.1 Å². The van der Waals surface area contributed by atoms with E-state index in [1.54, 1.807) is 61.5 Å². The number of carbonyl (C=O) groups excluding carboxylic acids is 2. The van der Waals surface area contributed by atoms with Crippen molar-refractivity contribution >= 4 is 52.7 Å². The Morgan fingerprint density at radius 2 is 1.76 bits per heavy atom. The van der Waals surface area contributed by atoms with Gasteiger partial charge in [-0.3, -0.25) is 14.5 Å². The van der Waals surface area contributed by atoms with Crippen LogP contribution in [-0.4, -0.2) is 16.7 Å². The van der Waals surface area contributed by atoms with E-state index in [0.29, 0.717) is 37.7 Å². The molecule has 0 unspecified atom stereocenters. The van der Waals surface area contributed by atoms with Crippen LogP contribution in [0.2, 0.25) is 15.1 Å². The largest absolute Gasteiger partial charge is 0.457 e. The van der Waals surface area contributed by atoms with Gasteiger partial charge in [0.2, 0.25) is 0 Å². The molecule has 0 atom stereocenters. The molecule has 0 bridgehead atoms. The van der Waals surface area contributed by atoms with Gasteiger partial charge >= 0.3 is 0 Å². The molecule has 2 amide bonds. The first kappa shape index (κ1) is 22.9. The first-order valence-electron chi connectivity index (χ1n) is 9.78. The molecule has 33 heavy (non-hydrogen) atoms. The molecule has 0 spiro atoms. The molecule has 1 aliphatic rings. The quantitative estimate of drug-likeness (QED) is 0.297. The second-order valence-electron chi connectivity index (χ2n) is 7.28. The van der Waals surface area contributed by atoms with Crippen molar-refractivity contribution in [1.82, 2.24) is 4.90 Å². The van der Waals surface area contributed by atoms with Gasteiger partial charge < -0.3 is 4.42 Å². The topological polar surface area (TPSA) is 74.3 Å². The monoisotopic (exact) mass is 496 g/mol. The summed E-state index contributed by atoms with van der Waals surface area (Å²) in [7, 11) is 0. The third kappa shape index (κ3) is 4.46. The molecule has 3 aromatic rings. The maximum Gasteiger partial charge on any atom is 0.271 e. The summed E-state index contributed by atoms with van der Waals surface area (Å²) in [5, 5.41) is 10.9. The van der Waals surface area contributed by atoms with Crippen molar-refractivity contribution in [3.05, 3.63) is 97.7 Å². The van der Waals surface area contributed by atoms with Crippen molar-refractivity contribution in [3.8, 4) is 17.4 Å². The van der Waals surface area contributed by atoms with E-state index in [1.165, 1.54) is 6.08 Å². The number of carbonyl (C=O) groups is 2. The smallest absolute Gasteiger partial charge is 0.271 e. The Morgan fingerprint density at radius 3 is 2.45 bits per heavy atom. The van der Waals surface area contributed by atoms with Crippen LogP contribution in [0.15, 0.2) is 75.7 Å². The molecule has 8 heteroatoms. The Balaban J connectivity index is 1.73. The first-order valence-corrected chi connectivity index (χ1v) is 10.9. The third-order valence-electron chi connectivity index (χ3n) is 5.22. The molecule has 5 nitrogen and oxygen atoms in total. The van der Waals surface area contributed by atoms with Gasteiger partial charge in [-0.2, -0.15) is 5.26 Å². The molecule has 0 saturated carbocycles. The van der Waals surface area contributed by atoms with Gasteiger partial charge in [-0.05, 0) is 60.5 Å². The number of imide groups is 1. The van der Waals surface area contributed by atoms with E-state index in [4.69, 9.17) is 39.2 Å². The van der Waals surface area contributed by atoms with Crippen molar-refractivity contribution in [3.63, 3.8) is 0 Å². The fourth-order valence-corrected chi connectivity index (χ4v) is 4.17.